The molecule has 114 valence electrons. The summed E-state index contributed by atoms with van der Waals surface area (Å²) < 4.78 is 16.6. The SMILES string of the molecule is CCOC(COc1ccc(-c2nc(C)cs2)cc1)OCC. The monoisotopic (exact) mass is 307 g/mol. The van der Waals surface area contributed by atoms with Crippen molar-refractivity contribution in [2.45, 2.75) is 27.1 Å². The Bertz CT molecular complexity index is 533. The fraction of sp³-hybridized carbons (Fsp3) is 0.438. The van der Waals surface area contributed by atoms with Crippen molar-refractivity contribution in [2.75, 3.05) is 19.8 Å². The zero-order valence-corrected chi connectivity index (χ0v) is 13.5. The topological polar surface area (TPSA) is 40.6 Å². The van der Waals surface area contributed by atoms with Crippen LogP contribution >= 0.6 is 11.3 Å². The summed E-state index contributed by atoms with van der Waals surface area (Å²) >= 11 is 1.65. The van der Waals surface area contributed by atoms with E-state index in [-0.39, 0.29) is 6.29 Å². The van der Waals surface area contributed by atoms with E-state index in [1.54, 1.807) is 11.3 Å². The van der Waals surface area contributed by atoms with Gasteiger partial charge in [0.1, 0.15) is 17.4 Å². The summed E-state index contributed by atoms with van der Waals surface area (Å²) in [5, 5.41) is 3.08. The lowest BCUT2D eigenvalue weighted by Crippen LogP contribution is -2.25. The number of hydrogen-bond donors (Lipinski definition) is 0. The number of benzene rings is 1. The van der Waals surface area contributed by atoms with Gasteiger partial charge in [-0.2, -0.15) is 0 Å². The lowest BCUT2D eigenvalue weighted by molar-refractivity contribution is -0.152. The second-order valence-corrected chi connectivity index (χ2v) is 5.33. The third kappa shape index (κ3) is 4.81. The van der Waals surface area contributed by atoms with Gasteiger partial charge < -0.3 is 14.2 Å². The van der Waals surface area contributed by atoms with Crippen molar-refractivity contribution < 1.29 is 14.2 Å². The summed E-state index contributed by atoms with van der Waals surface area (Å²) in [6.45, 7) is 7.48. The van der Waals surface area contributed by atoms with E-state index < -0.39 is 0 Å². The molecule has 0 N–H and O–H groups in total. The van der Waals surface area contributed by atoms with Gasteiger partial charge in [-0.25, -0.2) is 4.98 Å². The highest BCUT2D eigenvalue weighted by atomic mass is 32.1. The van der Waals surface area contributed by atoms with Crippen LogP contribution in [0.2, 0.25) is 0 Å². The Morgan fingerprint density at radius 3 is 2.29 bits per heavy atom. The summed E-state index contributed by atoms with van der Waals surface area (Å²) in [6, 6.07) is 7.93. The standard InChI is InChI=1S/C16H21NO3S/c1-4-18-15(19-5-2)10-20-14-8-6-13(7-9-14)16-17-12(3)11-21-16/h6-9,11,15H,4-5,10H2,1-3H3. The first-order valence-electron chi connectivity index (χ1n) is 7.11. The number of thiazole rings is 1. The summed E-state index contributed by atoms with van der Waals surface area (Å²) in [7, 11) is 0. The van der Waals surface area contributed by atoms with E-state index in [2.05, 4.69) is 10.4 Å². The van der Waals surface area contributed by atoms with Crippen LogP contribution in [-0.2, 0) is 9.47 Å². The van der Waals surface area contributed by atoms with Crippen LogP contribution in [0, 0.1) is 6.92 Å². The molecule has 21 heavy (non-hydrogen) atoms. The lowest BCUT2D eigenvalue weighted by Gasteiger charge is -2.17. The quantitative estimate of drug-likeness (QED) is 0.694. The minimum atomic E-state index is -0.318. The first-order chi connectivity index (χ1) is 10.2. The van der Waals surface area contributed by atoms with Crippen molar-refractivity contribution in [2.24, 2.45) is 0 Å². The molecule has 0 aliphatic rings. The summed E-state index contributed by atoms with van der Waals surface area (Å²) in [5.41, 5.74) is 2.15. The Labute approximate surface area is 129 Å². The molecule has 2 rings (SSSR count). The highest BCUT2D eigenvalue weighted by Gasteiger charge is 2.09. The molecule has 0 radical (unpaired) electrons. The second kappa shape index (κ2) is 8.12. The van der Waals surface area contributed by atoms with Crippen molar-refractivity contribution in [3.8, 4) is 16.3 Å². The van der Waals surface area contributed by atoms with Crippen LogP contribution in [0.4, 0.5) is 0 Å². The number of rotatable bonds is 8. The third-order valence-electron chi connectivity index (χ3n) is 2.81. The molecule has 1 aromatic heterocycles. The van der Waals surface area contributed by atoms with Gasteiger partial charge in [0.15, 0.2) is 6.29 Å². The first-order valence-corrected chi connectivity index (χ1v) is 7.99. The van der Waals surface area contributed by atoms with Gasteiger partial charge >= 0.3 is 0 Å². The summed E-state index contributed by atoms with van der Waals surface area (Å²) in [6.07, 6.45) is -0.318. The molecule has 0 spiro atoms. The predicted molar refractivity (Wildman–Crippen MR) is 84.8 cm³/mol. The maximum atomic E-state index is 5.70. The molecule has 1 aromatic carbocycles. The molecule has 0 atom stereocenters. The molecule has 4 nitrogen and oxygen atoms in total. The smallest absolute Gasteiger partial charge is 0.191 e. The van der Waals surface area contributed by atoms with E-state index in [1.807, 2.05) is 45.0 Å². The van der Waals surface area contributed by atoms with Gasteiger partial charge in [0.2, 0.25) is 0 Å². The predicted octanol–water partition coefficient (Wildman–Crippen LogP) is 3.90. The molecule has 0 fully saturated rings. The zero-order chi connectivity index (χ0) is 15.1. The van der Waals surface area contributed by atoms with E-state index >= 15 is 0 Å². The Kier molecular flexibility index (Phi) is 6.17. The van der Waals surface area contributed by atoms with Crippen LogP contribution in [0.5, 0.6) is 5.75 Å². The van der Waals surface area contributed by atoms with E-state index in [0.29, 0.717) is 19.8 Å². The Balaban J connectivity index is 1.93. The maximum Gasteiger partial charge on any atom is 0.191 e. The molecular formula is C16H21NO3S. The van der Waals surface area contributed by atoms with E-state index in [0.717, 1.165) is 22.0 Å². The van der Waals surface area contributed by atoms with Crippen molar-refractivity contribution in [3.63, 3.8) is 0 Å². The molecule has 0 aliphatic carbocycles. The van der Waals surface area contributed by atoms with Crippen LogP contribution in [0.15, 0.2) is 29.6 Å². The number of aryl methyl sites for hydroxylation is 1. The molecule has 0 amide bonds. The Morgan fingerprint density at radius 1 is 1.10 bits per heavy atom. The normalized spacial score (nSPS) is 11.0. The van der Waals surface area contributed by atoms with Gasteiger partial charge in [-0.15, -0.1) is 11.3 Å². The highest BCUT2D eigenvalue weighted by Crippen LogP contribution is 2.25. The van der Waals surface area contributed by atoms with Gasteiger partial charge in [0.25, 0.3) is 0 Å². The molecule has 5 heteroatoms. The molecule has 0 aliphatic heterocycles. The van der Waals surface area contributed by atoms with Gasteiger partial charge in [-0.3, -0.25) is 0 Å². The van der Waals surface area contributed by atoms with Gasteiger partial charge in [-0.1, -0.05) is 0 Å². The van der Waals surface area contributed by atoms with E-state index in [1.165, 1.54) is 0 Å². The van der Waals surface area contributed by atoms with E-state index in [9.17, 15) is 0 Å². The molecular weight excluding hydrogens is 286 g/mol. The third-order valence-corrected chi connectivity index (χ3v) is 3.82. The molecule has 0 saturated heterocycles. The van der Waals surface area contributed by atoms with Crippen LogP contribution in [0.1, 0.15) is 19.5 Å². The molecule has 2 aromatic rings. The minimum Gasteiger partial charge on any atom is -0.488 e. The number of aromatic nitrogens is 1. The second-order valence-electron chi connectivity index (χ2n) is 4.47. The number of hydrogen-bond acceptors (Lipinski definition) is 5. The fourth-order valence-electron chi connectivity index (χ4n) is 1.86. The van der Waals surface area contributed by atoms with E-state index in [4.69, 9.17) is 14.2 Å². The van der Waals surface area contributed by atoms with Crippen LogP contribution < -0.4 is 4.74 Å². The average molecular weight is 307 g/mol. The van der Waals surface area contributed by atoms with Crippen molar-refractivity contribution in [3.05, 3.63) is 35.3 Å². The minimum absolute atomic E-state index is 0.318. The lowest BCUT2D eigenvalue weighted by atomic mass is 10.2. The zero-order valence-electron chi connectivity index (χ0n) is 12.7. The molecule has 0 unspecified atom stereocenters. The van der Waals surface area contributed by atoms with Crippen molar-refractivity contribution in [1.82, 2.24) is 4.98 Å². The van der Waals surface area contributed by atoms with Crippen LogP contribution in [0.25, 0.3) is 10.6 Å². The maximum absolute atomic E-state index is 5.70. The molecule has 0 bridgehead atoms. The van der Waals surface area contributed by atoms with Crippen molar-refractivity contribution >= 4 is 11.3 Å². The molecule has 0 saturated carbocycles. The van der Waals surface area contributed by atoms with Gasteiger partial charge in [-0.05, 0) is 45.0 Å². The average Bonchev–Trinajstić information content (AvgIpc) is 2.92. The van der Waals surface area contributed by atoms with Gasteiger partial charge in [0.05, 0.1) is 0 Å². The summed E-state index contributed by atoms with van der Waals surface area (Å²) in [5.74, 6) is 0.802. The Hall–Kier alpha value is -1.43. The first kappa shape index (κ1) is 15.9. The van der Waals surface area contributed by atoms with Crippen LogP contribution in [0.3, 0.4) is 0 Å². The highest BCUT2D eigenvalue weighted by molar-refractivity contribution is 7.13. The van der Waals surface area contributed by atoms with Crippen molar-refractivity contribution in [1.29, 1.82) is 0 Å². The van der Waals surface area contributed by atoms with Gasteiger partial charge in [0, 0.05) is 29.9 Å². The van der Waals surface area contributed by atoms with Crippen LogP contribution in [-0.4, -0.2) is 31.1 Å². The molecule has 1 heterocycles. The summed E-state index contributed by atoms with van der Waals surface area (Å²) in [4.78, 5) is 4.47. The number of ether oxygens (including phenoxy) is 3. The fourth-order valence-corrected chi connectivity index (χ4v) is 2.66. The number of nitrogens with zero attached hydrogens (tertiary/aromatic N) is 1. The Morgan fingerprint density at radius 2 is 1.76 bits per heavy atom. The largest absolute Gasteiger partial charge is 0.488 e.